The summed E-state index contributed by atoms with van der Waals surface area (Å²) in [5.41, 5.74) is 0. The molecule has 0 amide bonds. The Balaban J connectivity index is 1.79. The first-order chi connectivity index (χ1) is 9.28. The molecule has 3 heterocycles. The van der Waals surface area contributed by atoms with E-state index >= 15 is 0 Å². The van der Waals surface area contributed by atoms with E-state index in [1.807, 2.05) is 12.3 Å². The number of hydrogen-bond donors (Lipinski definition) is 0. The second-order valence-corrected chi connectivity index (χ2v) is 6.70. The van der Waals surface area contributed by atoms with Gasteiger partial charge in [0.1, 0.15) is 0 Å². The molecule has 0 radical (unpaired) electrons. The minimum absolute atomic E-state index is 0.588. The van der Waals surface area contributed by atoms with Crippen molar-refractivity contribution in [3.05, 3.63) is 12.3 Å². The Morgan fingerprint density at radius 1 is 1.37 bits per heavy atom. The van der Waals surface area contributed by atoms with Gasteiger partial charge in [-0.1, -0.05) is 22.9 Å². The van der Waals surface area contributed by atoms with Crippen LogP contribution in [-0.4, -0.2) is 33.5 Å². The molecule has 2 bridgehead atoms. The molecule has 2 unspecified atom stereocenters. The van der Waals surface area contributed by atoms with E-state index in [9.17, 15) is 0 Å². The second kappa shape index (κ2) is 5.65. The van der Waals surface area contributed by atoms with E-state index in [0.29, 0.717) is 29.4 Å². The van der Waals surface area contributed by atoms with Gasteiger partial charge in [-0.25, -0.2) is 4.98 Å². The van der Waals surface area contributed by atoms with Crippen molar-refractivity contribution in [1.29, 1.82) is 0 Å². The zero-order valence-corrected chi connectivity index (χ0v) is 12.8. The van der Waals surface area contributed by atoms with Crippen LogP contribution in [0.2, 0.25) is 0 Å². The molecule has 0 saturated carbocycles. The average molecular weight is 326 g/mol. The van der Waals surface area contributed by atoms with E-state index in [2.05, 4.69) is 37.7 Å². The lowest BCUT2D eigenvalue weighted by atomic mass is 10.0. The summed E-state index contributed by atoms with van der Waals surface area (Å²) in [6.45, 7) is 2.82. The zero-order chi connectivity index (χ0) is 13.2. The van der Waals surface area contributed by atoms with Crippen LogP contribution in [0.5, 0.6) is 5.88 Å². The van der Waals surface area contributed by atoms with Crippen molar-refractivity contribution in [2.24, 2.45) is 0 Å². The smallest absolute Gasteiger partial charge is 0.229 e. The summed E-state index contributed by atoms with van der Waals surface area (Å²) in [6.07, 6.45) is 7.72. The van der Waals surface area contributed by atoms with Gasteiger partial charge in [-0.2, -0.15) is 4.98 Å². The normalized spacial score (nSPS) is 29.6. The zero-order valence-electron chi connectivity index (χ0n) is 11.3. The summed E-state index contributed by atoms with van der Waals surface area (Å²) in [5, 5.41) is 0. The molecule has 5 heteroatoms. The molecule has 0 aliphatic carbocycles. The number of anilines is 1. The first kappa shape index (κ1) is 13.2. The van der Waals surface area contributed by atoms with E-state index in [1.165, 1.54) is 25.7 Å². The van der Waals surface area contributed by atoms with Crippen molar-refractivity contribution in [1.82, 2.24) is 9.97 Å². The van der Waals surface area contributed by atoms with E-state index in [0.717, 1.165) is 12.4 Å². The van der Waals surface area contributed by atoms with E-state index in [-0.39, 0.29) is 0 Å². The third-order valence-corrected chi connectivity index (χ3v) is 4.73. The predicted molar refractivity (Wildman–Crippen MR) is 79.1 cm³/mol. The fraction of sp³-hybridized carbons (Fsp3) is 0.714. The number of piperidine rings is 1. The molecular weight excluding hydrogens is 306 g/mol. The third-order valence-electron chi connectivity index (χ3n) is 3.98. The molecule has 4 nitrogen and oxygen atoms in total. The Bertz CT molecular complexity index is 428. The highest BCUT2D eigenvalue weighted by molar-refractivity contribution is 9.09. The summed E-state index contributed by atoms with van der Waals surface area (Å²) >= 11 is 3.77. The van der Waals surface area contributed by atoms with Crippen molar-refractivity contribution in [2.75, 3.05) is 11.5 Å². The van der Waals surface area contributed by atoms with Crippen molar-refractivity contribution in [3.63, 3.8) is 0 Å². The lowest BCUT2D eigenvalue weighted by Gasteiger charge is -2.37. The number of alkyl halides is 1. The van der Waals surface area contributed by atoms with Crippen LogP contribution in [0, 0.1) is 0 Å². The predicted octanol–water partition coefficient (Wildman–Crippen LogP) is 3.16. The SMILES string of the molecule is CCCOc1ccnc(N2C3CCC2CC(Br)C3)n1. The van der Waals surface area contributed by atoms with Crippen LogP contribution in [-0.2, 0) is 0 Å². The molecule has 0 spiro atoms. The average Bonchev–Trinajstić information content (AvgIpc) is 2.69. The molecule has 19 heavy (non-hydrogen) atoms. The molecule has 0 aromatic carbocycles. The maximum Gasteiger partial charge on any atom is 0.229 e. The van der Waals surface area contributed by atoms with Gasteiger partial charge in [-0.15, -0.1) is 0 Å². The maximum absolute atomic E-state index is 5.61. The molecule has 2 aliphatic rings. The van der Waals surface area contributed by atoms with Crippen molar-refractivity contribution >= 4 is 21.9 Å². The summed E-state index contributed by atoms with van der Waals surface area (Å²) in [5.74, 6) is 1.55. The molecule has 2 aliphatic heterocycles. The van der Waals surface area contributed by atoms with Gasteiger partial charge >= 0.3 is 0 Å². The van der Waals surface area contributed by atoms with Gasteiger partial charge in [0.25, 0.3) is 0 Å². The summed E-state index contributed by atoms with van der Waals surface area (Å²) in [4.78, 5) is 12.1. The van der Waals surface area contributed by atoms with Crippen LogP contribution in [0.1, 0.15) is 39.0 Å². The molecular formula is C14H20BrN3O. The number of fused-ring (bicyclic) bond motifs is 2. The van der Waals surface area contributed by atoms with Gasteiger partial charge in [0.2, 0.25) is 11.8 Å². The van der Waals surface area contributed by atoms with Crippen LogP contribution in [0.3, 0.4) is 0 Å². The van der Waals surface area contributed by atoms with Crippen LogP contribution in [0.15, 0.2) is 12.3 Å². The lowest BCUT2D eigenvalue weighted by Crippen LogP contribution is -2.44. The quantitative estimate of drug-likeness (QED) is 0.797. The minimum atomic E-state index is 0.588. The van der Waals surface area contributed by atoms with Crippen molar-refractivity contribution in [3.8, 4) is 5.88 Å². The van der Waals surface area contributed by atoms with Crippen LogP contribution >= 0.6 is 15.9 Å². The Kier molecular flexibility index (Phi) is 3.91. The Morgan fingerprint density at radius 3 is 2.79 bits per heavy atom. The topological polar surface area (TPSA) is 38.2 Å². The Hall–Kier alpha value is -0.840. The number of halogens is 1. The highest BCUT2D eigenvalue weighted by Crippen LogP contribution is 2.40. The fourth-order valence-corrected chi connectivity index (χ4v) is 4.04. The maximum atomic E-state index is 5.61. The lowest BCUT2D eigenvalue weighted by molar-refractivity contribution is 0.304. The van der Waals surface area contributed by atoms with Gasteiger partial charge in [0.15, 0.2) is 0 Å². The first-order valence-electron chi connectivity index (χ1n) is 7.16. The third kappa shape index (κ3) is 2.71. The van der Waals surface area contributed by atoms with Gasteiger partial charge in [-0.3, -0.25) is 0 Å². The standard InChI is InChI=1S/C14H20BrN3O/c1-2-7-19-13-5-6-16-14(17-13)18-11-3-4-12(18)9-10(15)8-11/h5-6,10-12H,2-4,7-9H2,1H3. The van der Waals surface area contributed by atoms with Gasteiger partial charge in [0.05, 0.1) is 6.61 Å². The molecule has 3 rings (SSSR count). The van der Waals surface area contributed by atoms with Gasteiger partial charge in [-0.05, 0) is 32.1 Å². The van der Waals surface area contributed by atoms with Gasteiger partial charge in [0, 0.05) is 29.2 Å². The van der Waals surface area contributed by atoms with Crippen LogP contribution in [0.4, 0.5) is 5.95 Å². The number of nitrogens with zero attached hydrogens (tertiary/aromatic N) is 3. The fourth-order valence-electron chi connectivity index (χ4n) is 3.18. The first-order valence-corrected chi connectivity index (χ1v) is 8.07. The number of rotatable bonds is 4. The summed E-state index contributed by atoms with van der Waals surface area (Å²) in [6, 6.07) is 3.02. The molecule has 0 N–H and O–H groups in total. The number of ether oxygens (including phenoxy) is 1. The van der Waals surface area contributed by atoms with E-state index < -0.39 is 0 Å². The highest BCUT2D eigenvalue weighted by atomic mass is 79.9. The van der Waals surface area contributed by atoms with Gasteiger partial charge < -0.3 is 9.64 Å². The monoisotopic (exact) mass is 325 g/mol. The van der Waals surface area contributed by atoms with Crippen LogP contribution < -0.4 is 9.64 Å². The molecule has 1 aromatic rings. The van der Waals surface area contributed by atoms with Crippen molar-refractivity contribution < 1.29 is 4.74 Å². The molecule has 2 fully saturated rings. The molecule has 104 valence electrons. The summed E-state index contributed by atoms with van der Waals surface area (Å²) < 4.78 is 5.61. The largest absolute Gasteiger partial charge is 0.478 e. The van der Waals surface area contributed by atoms with Crippen LogP contribution in [0.25, 0.3) is 0 Å². The van der Waals surface area contributed by atoms with E-state index in [1.54, 1.807) is 0 Å². The molecule has 1 aromatic heterocycles. The second-order valence-electron chi connectivity index (χ2n) is 5.40. The van der Waals surface area contributed by atoms with Crippen molar-refractivity contribution in [2.45, 2.75) is 55.9 Å². The minimum Gasteiger partial charge on any atom is -0.478 e. The number of hydrogen-bond acceptors (Lipinski definition) is 4. The summed E-state index contributed by atoms with van der Waals surface area (Å²) in [7, 11) is 0. The highest BCUT2D eigenvalue weighted by Gasteiger charge is 2.41. The Labute approximate surface area is 122 Å². The molecule has 2 atom stereocenters. The molecule has 2 saturated heterocycles. The Morgan fingerprint density at radius 2 is 2.11 bits per heavy atom. The van der Waals surface area contributed by atoms with E-state index in [4.69, 9.17) is 4.74 Å². The number of aromatic nitrogens is 2.